The van der Waals surface area contributed by atoms with Crippen LogP contribution in [0, 0.1) is 11.3 Å². The van der Waals surface area contributed by atoms with E-state index in [-0.39, 0.29) is 5.88 Å². The molecule has 2 N–H and O–H groups in total. The summed E-state index contributed by atoms with van der Waals surface area (Å²) in [5, 5.41) is 10.2. The first-order valence-corrected chi connectivity index (χ1v) is 10.1. The van der Waals surface area contributed by atoms with E-state index >= 15 is 0 Å². The lowest BCUT2D eigenvalue weighted by atomic mass is 9.83. The summed E-state index contributed by atoms with van der Waals surface area (Å²) in [6.45, 7) is 0. The Labute approximate surface area is 186 Å². The second-order valence-electron chi connectivity index (χ2n) is 6.58. The Morgan fingerprint density at radius 1 is 1.13 bits per heavy atom. The van der Waals surface area contributed by atoms with E-state index in [2.05, 4.69) is 22.0 Å². The van der Waals surface area contributed by atoms with Crippen LogP contribution in [0.15, 0.2) is 82.7 Å². The number of carbonyl (C=O) groups is 1. The average molecular weight is 482 g/mol. The molecule has 0 aromatic heterocycles. The van der Waals surface area contributed by atoms with Gasteiger partial charge >= 0.3 is 5.97 Å². The van der Waals surface area contributed by atoms with Crippen molar-refractivity contribution in [2.75, 3.05) is 0 Å². The highest BCUT2D eigenvalue weighted by atomic mass is 79.9. The Morgan fingerprint density at radius 2 is 1.90 bits per heavy atom. The highest BCUT2D eigenvalue weighted by molar-refractivity contribution is 9.10. The molecule has 3 aromatic rings. The number of benzene rings is 3. The van der Waals surface area contributed by atoms with E-state index in [4.69, 9.17) is 26.8 Å². The molecule has 0 saturated carbocycles. The summed E-state index contributed by atoms with van der Waals surface area (Å²) in [4.78, 5) is 12.4. The smallest absolute Gasteiger partial charge is 0.343 e. The number of nitrogens with two attached hydrogens (primary N) is 1. The lowest BCUT2D eigenvalue weighted by molar-refractivity contribution is 0.0734. The summed E-state index contributed by atoms with van der Waals surface area (Å²) in [5.74, 6) is -0.159. The van der Waals surface area contributed by atoms with Crippen LogP contribution in [0.1, 0.15) is 27.4 Å². The van der Waals surface area contributed by atoms with Crippen LogP contribution in [0.3, 0.4) is 0 Å². The van der Waals surface area contributed by atoms with Crippen LogP contribution in [0.5, 0.6) is 11.5 Å². The lowest BCUT2D eigenvalue weighted by Gasteiger charge is -2.26. The Morgan fingerprint density at radius 3 is 2.60 bits per heavy atom. The molecule has 1 aliphatic rings. The second-order valence-corrected chi connectivity index (χ2v) is 7.93. The quantitative estimate of drug-likeness (QED) is 0.392. The van der Waals surface area contributed by atoms with Gasteiger partial charge in [-0.2, -0.15) is 5.26 Å². The number of nitriles is 1. The number of allylic oxidation sites excluding steroid dienone is 1. The molecule has 0 spiro atoms. The van der Waals surface area contributed by atoms with Gasteiger partial charge in [-0.3, -0.25) is 0 Å². The van der Waals surface area contributed by atoms with Gasteiger partial charge in [0.15, 0.2) is 0 Å². The van der Waals surface area contributed by atoms with Crippen LogP contribution in [0.2, 0.25) is 5.02 Å². The van der Waals surface area contributed by atoms with Crippen LogP contribution in [-0.4, -0.2) is 5.97 Å². The van der Waals surface area contributed by atoms with Crippen molar-refractivity contribution >= 4 is 33.5 Å². The van der Waals surface area contributed by atoms with E-state index in [0.717, 1.165) is 15.6 Å². The van der Waals surface area contributed by atoms with E-state index in [0.29, 0.717) is 27.7 Å². The van der Waals surface area contributed by atoms with Gasteiger partial charge in [-0.1, -0.05) is 45.7 Å². The van der Waals surface area contributed by atoms with Gasteiger partial charge in [-0.15, -0.1) is 0 Å². The molecule has 0 amide bonds. The molecule has 0 bridgehead atoms. The molecule has 30 heavy (non-hydrogen) atoms. The fourth-order valence-electron chi connectivity index (χ4n) is 3.28. The number of nitrogens with zero attached hydrogens (tertiary/aromatic N) is 1. The van der Waals surface area contributed by atoms with Crippen molar-refractivity contribution in [2.45, 2.75) is 5.92 Å². The third-order valence-electron chi connectivity index (χ3n) is 4.66. The van der Waals surface area contributed by atoms with Crippen molar-refractivity contribution in [3.8, 4) is 17.6 Å². The van der Waals surface area contributed by atoms with Gasteiger partial charge in [-0.25, -0.2) is 4.79 Å². The SMILES string of the molecule is N#CC1=C(N)Oc2cc(OC(=O)c3ccc(Cl)cc3)ccc2C1c1cccc(Br)c1. The molecular formula is C23H14BrClN2O3. The minimum Gasteiger partial charge on any atom is -0.440 e. The minimum atomic E-state index is -0.521. The monoisotopic (exact) mass is 480 g/mol. The van der Waals surface area contributed by atoms with Gasteiger partial charge in [0, 0.05) is 21.1 Å². The minimum absolute atomic E-state index is 0.0242. The number of hydrogen-bond acceptors (Lipinski definition) is 5. The number of hydrogen-bond donors (Lipinski definition) is 1. The van der Waals surface area contributed by atoms with Crippen molar-refractivity contribution in [3.63, 3.8) is 0 Å². The van der Waals surface area contributed by atoms with Crippen molar-refractivity contribution in [1.82, 2.24) is 0 Å². The van der Waals surface area contributed by atoms with Gasteiger partial charge < -0.3 is 15.2 Å². The number of fused-ring (bicyclic) bond motifs is 1. The summed E-state index contributed by atoms with van der Waals surface area (Å²) in [6.07, 6.45) is 0. The van der Waals surface area contributed by atoms with Crippen LogP contribution in [0.25, 0.3) is 0 Å². The van der Waals surface area contributed by atoms with Crippen molar-refractivity contribution in [1.29, 1.82) is 5.26 Å². The maximum atomic E-state index is 12.4. The zero-order chi connectivity index (χ0) is 21.3. The third kappa shape index (κ3) is 3.90. The Bertz CT molecular complexity index is 1220. The normalized spacial score (nSPS) is 15.0. The lowest BCUT2D eigenvalue weighted by Crippen LogP contribution is -2.21. The molecule has 5 nitrogen and oxygen atoms in total. The number of rotatable bonds is 3. The molecule has 7 heteroatoms. The molecule has 148 valence electrons. The highest BCUT2D eigenvalue weighted by Crippen LogP contribution is 2.43. The molecule has 0 aliphatic carbocycles. The largest absolute Gasteiger partial charge is 0.440 e. The van der Waals surface area contributed by atoms with Crippen molar-refractivity contribution in [2.24, 2.45) is 5.73 Å². The Kier molecular flexibility index (Phi) is 5.49. The van der Waals surface area contributed by atoms with E-state index in [9.17, 15) is 10.1 Å². The number of esters is 1. The first-order chi connectivity index (χ1) is 14.5. The van der Waals surface area contributed by atoms with Gasteiger partial charge in [-0.05, 0) is 48.0 Å². The van der Waals surface area contributed by atoms with E-state index in [1.807, 2.05) is 24.3 Å². The van der Waals surface area contributed by atoms with Crippen molar-refractivity contribution in [3.05, 3.63) is 104 Å². The molecule has 1 atom stereocenters. The Hall–Kier alpha value is -3.27. The molecule has 0 saturated heterocycles. The molecular weight excluding hydrogens is 468 g/mol. The topological polar surface area (TPSA) is 85.3 Å². The third-order valence-corrected chi connectivity index (χ3v) is 5.41. The maximum absolute atomic E-state index is 12.4. The van der Waals surface area contributed by atoms with Gasteiger partial charge in [0.05, 0.1) is 11.5 Å². The summed E-state index contributed by atoms with van der Waals surface area (Å²) in [6, 6.07) is 21.2. The van der Waals surface area contributed by atoms with Crippen molar-refractivity contribution < 1.29 is 14.3 Å². The van der Waals surface area contributed by atoms with Crippen LogP contribution in [-0.2, 0) is 0 Å². The number of ether oxygens (including phenoxy) is 2. The summed E-state index contributed by atoms with van der Waals surface area (Å²) in [5.41, 5.74) is 8.37. The number of carbonyl (C=O) groups excluding carboxylic acids is 1. The van der Waals surface area contributed by atoms with E-state index in [1.165, 1.54) is 0 Å². The molecule has 1 aliphatic heterocycles. The van der Waals surface area contributed by atoms with Crippen LogP contribution >= 0.6 is 27.5 Å². The molecule has 0 fully saturated rings. The second kappa shape index (κ2) is 8.23. The predicted molar refractivity (Wildman–Crippen MR) is 116 cm³/mol. The zero-order valence-corrected chi connectivity index (χ0v) is 17.8. The first-order valence-electron chi connectivity index (χ1n) is 8.91. The molecule has 0 radical (unpaired) electrons. The zero-order valence-electron chi connectivity index (χ0n) is 15.4. The van der Waals surface area contributed by atoms with Gasteiger partial charge in [0.1, 0.15) is 23.1 Å². The number of halogens is 2. The summed E-state index contributed by atoms with van der Waals surface area (Å²) < 4.78 is 12.0. The standard InChI is InChI=1S/C23H14BrClN2O3/c24-15-3-1-2-14(10-15)21-18-9-8-17(11-20(18)30-22(27)19(21)12-26)29-23(28)13-4-6-16(25)7-5-13/h1-11,21H,27H2. The predicted octanol–water partition coefficient (Wildman–Crippen LogP) is 5.54. The van der Waals surface area contributed by atoms with E-state index in [1.54, 1.807) is 42.5 Å². The van der Waals surface area contributed by atoms with Crippen LogP contribution < -0.4 is 15.2 Å². The fourth-order valence-corrected chi connectivity index (χ4v) is 3.82. The maximum Gasteiger partial charge on any atom is 0.343 e. The molecule has 1 unspecified atom stereocenters. The van der Waals surface area contributed by atoms with Gasteiger partial charge in [0.25, 0.3) is 0 Å². The summed E-state index contributed by atoms with van der Waals surface area (Å²) in [7, 11) is 0. The summed E-state index contributed by atoms with van der Waals surface area (Å²) >= 11 is 9.32. The average Bonchev–Trinajstić information content (AvgIpc) is 2.73. The molecule has 4 rings (SSSR count). The molecule has 3 aromatic carbocycles. The molecule has 1 heterocycles. The first kappa shape index (κ1) is 20.0. The van der Waals surface area contributed by atoms with E-state index < -0.39 is 11.9 Å². The Balaban J connectivity index is 1.69. The highest BCUT2D eigenvalue weighted by Gasteiger charge is 2.31. The van der Waals surface area contributed by atoms with Crippen LogP contribution in [0.4, 0.5) is 0 Å². The van der Waals surface area contributed by atoms with Gasteiger partial charge in [0.2, 0.25) is 5.88 Å². The fraction of sp³-hybridized carbons (Fsp3) is 0.0435.